The van der Waals surface area contributed by atoms with Gasteiger partial charge in [0.2, 0.25) is 0 Å². The first-order valence-electron chi connectivity index (χ1n) is 14.3. The Balaban J connectivity index is 1.23. The van der Waals surface area contributed by atoms with E-state index in [4.69, 9.17) is 9.97 Å². The van der Waals surface area contributed by atoms with Crippen LogP contribution in [0.5, 0.6) is 0 Å². The molecule has 0 amide bonds. The lowest BCUT2D eigenvalue weighted by Gasteiger charge is -2.27. The van der Waals surface area contributed by atoms with Gasteiger partial charge in [0.1, 0.15) is 0 Å². The number of rotatable bonds is 3. The summed E-state index contributed by atoms with van der Waals surface area (Å²) in [5.41, 5.74) is 16.6. The average Bonchev–Trinajstić information content (AvgIpc) is 3.27. The van der Waals surface area contributed by atoms with Gasteiger partial charge < -0.3 is 0 Å². The van der Waals surface area contributed by atoms with Crippen molar-refractivity contribution in [2.24, 2.45) is 11.8 Å². The third kappa shape index (κ3) is 2.99. The summed E-state index contributed by atoms with van der Waals surface area (Å²) in [6, 6.07) is 0. The largest absolute Gasteiger partial charge is 0.257 e. The summed E-state index contributed by atoms with van der Waals surface area (Å²) in [6.45, 7) is 12.3. The zero-order chi connectivity index (χ0) is 23.4. The predicted molar refractivity (Wildman–Crippen MR) is 139 cm³/mol. The van der Waals surface area contributed by atoms with Crippen LogP contribution in [0, 0.1) is 11.8 Å². The molecule has 2 aromatic rings. The van der Waals surface area contributed by atoms with E-state index in [1.54, 1.807) is 39.1 Å². The molecule has 1 saturated carbocycles. The number of aryl methyl sites for hydroxylation is 2. The van der Waals surface area contributed by atoms with E-state index in [0.717, 1.165) is 11.8 Å². The Labute approximate surface area is 206 Å². The van der Waals surface area contributed by atoms with Crippen LogP contribution in [0.3, 0.4) is 0 Å². The summed E-state index contributed by atoms with van der Waals surface area (Å²) >= 11 is 0. The minimum atomic E-state index is 0.236. The normalized spacial score (nSPS) is 29.3. The van der Waals surface area contributed by atoms with Crippen molar-refractivity contribution in [2.75, 3.05) is 0 Å². The zero-order valence-corrected chi connectivity index (χ0v) is 22.1. The maximum absolute atomic E-state index is 5.47. The van der Waals surface area contributed by atoms with Crippen LogP contribution in [0.25, 0.3) is 0 Å². The quantitative estimate of drug-likeness (QED) is 0.505. The Hall–Kier alpha value is -1.70. The van der Waals surface area contributed by atoms with E-state index in [2.05, 4.69) is 34.6 Å². The second kappa shape index (κ2) is 7.17. The number of hydrogen-bond acceptors (Lipinski definition) is 2. The van der Waals surface area contributed by atoms with Crippen molar-refractivity contribution in [3.63, 3.8) is 0 Å². The van der Waals surface area contributed by atoms with Crippen molar-refractivity contribution in [1.29, 1.82) is 0 Å². The molecule has 2 heterocycles. The van der Waals surface area contributed by atoms with Crippen LogP contribution in [-0.2, 0) is 55.8 Å². The van der Waals surface area contributed by atoms with E-state index in [-0.39, 0.29) is 5.41 Å². The van der Waals surface area contributed by atoms with E-state index in [0.29, 0.717) is 11.3 Å². The van der Waals surface area contributed by atoms with Crippen LogP contribution < -0.4 is 0 Å². The fourth-order valence-electron chi connectivity index (χ4n) is 8.93. The van der Waals surface area contributed by atoms with Crippen molar-refractivity contribution in [1.82, 2.24) is 9.97 Å². The molecule has 0 saturated heterocycles. The fraction of sp³-hybridized carbons (Fsp3) is 0.688. The highest BCUT2D eigenvalue weighted by atomic mass is 14.8. The molecule has 0 aromatic carbocycles. The second-order valence-electron chi connectivity index (χ2n) is 13.8. The molecule has 4 unspecified atom stereocenters. The molecule has 34 heavy (non-hydrogen) atoms. The van der Waals surface area contributed by atoms with Crippen LogP contribution in [0.4, 0.5) is 0 Å². The van der Waals surface area contributed by atoms with E-state index in [1.807, 2.05) is 0 Å². The van der Waals surface area contributed by atoms with Crippen molar-refractivity contribution < 1.29 is 0 Å². The van der Waals surface area contributed by atoms with Gasteiger partial charge in [0.25, 0.3) is 0 Å². The van der Waals surface area contributed by atoms with Crippen LogP contribution in [0.2, 0.25) is 0 Å². The van der Waals surface area contributed by atoms with Gasteiger partial charge in [0.05, 0.1) is 5.69 Å². The number of aromatic nitrogens is 2. The number of hydrogen-bond donors (Lipinski definition) is 0. The minimum absolute atomic E-state index is 0.236. The molecule has 5 aliphatic carbocycles. The van der Waals surface area contributed by atoms with Crippen LogP contribution >= 0.6 is 0 Å². The molecule has 1 spiro atoms. The second-order valence-corrected chi connectivity index (χ2v) is 13.8. The van der Waals surface area contributed by atoms with Crippen molar-refractivity contribution in [2.45, 2.75) is 128 Å². The Morgan fingerprint density at radius 2 is 1.59 bits per heavy atom. The van der Waals surface area contributed by atoms with E-state index in [1.165, 1.54) is 94.1 Å². The molecule has 0 aliphatic heterocycles. The summed E-state index contributed by atoms with van der Waals surface area (Å²) in [6.07, 6.45) is 15.4. The van der Waals surface area contributed by atoms with Gasteiger partial charge in [0, 0.05) is 22.5 Å². The van der Waals surface area contributed by atoms with Gasteiger partial charge in [-0.2, -0.15) is 0 Å². The molecule has 2 nitrogen and oxygen atoms in total. The number of pyridine rings is 2. The molecule has 0 N–H and O–H groups in total. The van der Waals surface area contributed by atoms with Gasteiger partial charge in [-0.3, -0.25) is 9.97 Å². The summed E-state index contributed by atoms with van der Waals surface area (Å²) < 4.78 is 0. The zero-order valence-electron chi connectivity index (χ0n) is 22.1. The van der Waals surface area contributed by atoms with E-state index in [9.17, 15) is 0 Å². The SMILES string of the molecule is CC1Cc2nc3c(c(C(C)CC4CC45CCc4c5nc5c(c4C(C)(C)C)CCC5)c2C1)CCC3. The molecule has 1 fully saturated rings. The van der Waals surface area contributed by atoms with E-state index >= 15 is 0 Å². The standard InChI is InChI=1S/C32H42N2/c1-18-14-24-27(15-18)33-25-10-6-8-21(25)28(24)19(2)16-20-17-32(20)13-12-23-29(31(3,4)5)22-9-7-11-26(22)34-30(23)32/h18-20H,6-17H2,1-5H3. The lowest BCUT2D eigenvalue weighted by atomic mass is 9.79. The Morgan fingerprint density at radius 3 is 2.35 bits per heavy atom. The predicted octanol–water partition coefficient (Wildman–Crippen LogP) is 6.88. The summed E-state index contributed by atoms with van der Waals surface area (Å²) in [5.74, 6) is 2.26. The van der Waals surface area contributed by atoms with Gasteiger partial charge in [-0.05, 0) is 134 Å². The summed E-state index contributed by atoms with van der Waals surface area (Å²) in [7, 11) is 0. The number of nitrogens with zero attached hydrogens (tertiary/aromatic N) is 2. The number of fused-ring (bicyclic) bond motifs is 5. The maximum Gasteiger partial charge on any atom is 0.0506 e. The van der Waals surface area contributed by atoms with Crippen molar-refractivity contribution in [3.8, 4) is 0 Å². The molecule has 0 radical (unpaired) electrons. The highest BCUT2D eigenvalue weighted by Crippen LogP contribution is 2.65. The van der Waals surface area contributed by atoms with Gasteiger partial charge in [-0.1, -0.05) is 34.6 Å². The maximum atomic E-state index is 5.47. The first-order chi connectivity index (χ1) is 16.3. The van der Waals surface area contributed by atoms with Gasteiger partial charge >= 0.3 is 0 Å². The van der Waals surface area contributed by atoms with Gasteiger partial charge in [-0.15, -0.1) is 0 Å². The molecular formula is C32H42N2. The first kappa shape index (κ1) is 21.6. The molecule has 180 valence electrons. The topological polar surface area (TPSA) is 25.8 Å². The lowest BCUT2D eigenvalue weighted by molar-refractivity contribution is 0.515. The van der Waals surface area contributed by atoms with Gasteiger partial charge in [0.15, 0.2) is 0 Å². The third-order valence-electron chi connectivity index (χ3n) is 10.3. The summed E-state index contributed by atoms with van der Waals surface area (Å²) in [5, 5.41) is 0. The monoisotopic (exact) mass is 454 g/mol. The van der Waals surface area contributed by atoms with Gasteiger partial charge in [-0.25, -0.2) is 0 Å². The van der Waals surface area contributed by atoms with Crippen molar-refractivity contribution in [3.05, 3.63) is 56.2 Å². The average molecular weight is 455 g/mol. The van der Waals surface area contributed by atoms with E-state index < -0.39 is 0 Å². The highest BCUT2D eigenvalue weighted by molar-refractivity contribution is 5.54. The molecule has 5 aliphatic rings. The highest BCUT2D eigenvalue weighted by Gasteiger charge is 2.60. The van der Waals surface area contributed by atoms with Crippen LogP contribution in [0.1, 0.15) is 129 Å². The first-order valence-corrected chi connectivity index (χ1v) is 14.3. The smallest absolute Gasteiger partial charge is 0.0506 e. The Morgan fingerprint density at radius 1 is 0.853 bits per heavy atom. The third-order valence-corrected chi connectivity index (χ3v) is 10.3. The van der Waals surface area contributed by atoms with Crippen LogP contribution in [0.15, 0.2) is 0 Å². The molecule has 7 rings (SSSR count). The molecular weight excluding hydrogens is 412 g/mol. The Bertz CT molecular complexity index is 1200. The minimum Gasteiger partial charge on any atom is -0.257 e. The fourth-order valence-corrected chi connectivity index (χ4v) is 8.93. The molecule has 2 aromatic heterocycles. The molecule has 0 bridgehead atoms. The lowest BCUT2D eigenvalue weighted by Crippen LogP contribution is -2.20. The summed E-state index contributed by atoms with van der Waals surface area (Å²) in [4.78, 5) is 10.6. The Kier molecular flexibility index (Phi) is 4.55. The van der Waals surface area contributed by atoms with Crippen molar-refractivity contribution >= 4 is 0 Å². The molecule has 2 heteroatoms. The molecule has 4 atom stereocenters. The van der Waals surface area contributed by atoms with Crippen LogP contribution in [-0.4, -0.2) is 9.97 Å².